The van der Waals surface area contributed by atoms with E-state index in [0.29, 0.717) is 17.5 Å². The van der Waals surface area contributed by atoms with Gasteiger partial charge < -0.3 is 18.2 Å². The normalized spacial score (nSPS) is 11.9. The molecular weight excluding hydrogens is 765 g/mol. The number of para-hydroxylation sites is 2. The average Bonchev–Trinajstić information content (AvgIpc) is 4.02. The zero-order valence-corrected chi connectivity index (χ0v) is 33.0. The smallest absolute Gasteiger partial charge is 0.164 e. The number of hydrogen-bond acceptors (Lipinski definition) is 7. The van der Waals surface area contributed by atoms with Gasteiger partial charge in [-0.3, -0.25) is 0 Å². The van der Waals surface area contributed by atoms with Crippen LogP contribution in [0.25, 0.3) is 111 Å². The molecule has 62 heavy (non-hydrogen) atoms. The molecule has 7 heteroatoms. The number of benzene rings is 9. The molecule has 0 N–H and O–H groups in total. The summed E-state index contributed by atoms with van der Waals surface area (Å²) < 4.78 is 19.4. The van der Waals surface area contributed by atoms with Gasteiger partial charge >= 0.3 is 0 Å². The second-order valence-electron chi connectivity index (χ2n) is 15.6. The summed E-state index contributed by atoms with van der Waals surface area (Å²) in [5, 5.41) is 8.56. The minimum atomic E-state index is 0.586. The van der Waals surface area contributed by atoms with E-state index in [9.17, 15) is 0 Å². The number of rotatable bonds is 6. The van der Waals surface area contributed by atoms with Crippen molar-refractivity contribution >= 4 is 93.7 Å². The number of fused-ring (bicyclic) bond motifs is 10. The molecule has 0 spiro atoms. The van der Waals surface area contributed by atoms with E-state index < -0.39 is 0 Å². The number of aromatic nitrogens is 3. The molecule has 0 radical (unpaired) electrons. The van der Waals surface area contributed by atoms with Gasteiger partial charge in [0, 0.05) is 84.3 Å². The molecule has 0 saturated heterocycles. The highest BCUT2D eigenvalue weighted by Gasteiger charge is 2.20. The Balaban J connectivity index is 0.948. The van der Waals surface area contributed by atoms with Crippen molar-refractivity contribution in [3.63, 3.8) is 0 Å². The van der Waals surface area contributed by atoms with Crippen molar-refractivity contribution in [2.24, 2.45) is 0 Å². The Kier molecular flexibility index (Phi) is 7.47. The molecule has 0 aliphatic heterocycles. The minimum Gasteiger partial charge on any atom is -0.456 e. The van der Waals surface area contributed by atoms with Crippen molar-refractivity contribution in [2.45, 2.75) is 0 Å². The first-order chi connectivity index (χ1) is 30.7. The highest BCUT2D eigenvalue weighted by molar-refractivity contribution is 6.10. The summed E-state index contributed by atoms with van der Waals surface area (Å²) in [6.07, 6.45) is 0. The van der Waals surface area contributed by atoms with Crippen molar-refractivity contribution in [3.05, 3.63) is 194 Å². The maximum absolute atomic E-state index is 6.64. The van der Waals surface area contributed by atoms with Crippen LogP contribution in [0.1, 0.15) is 0 Å². The minimum absolute atomic E-state index is 0.586. The van der Waals surface area contributed by atoms with Gasteiger partial charge in [0.25, 0.3) is 0 Å². The monoisotopic (exact) mass is 796 g/mol. The van der Waals surface area contributed by atoms with Crippen LogP contribution in [0.15, 0.2) is 207 Å². The summed E-state index contributed by atoms with van der Waals surface area (Å²) in [6.45, 7) is 0. The average molecular weight is 797 g/mol. The Morgan fingerprint density at radius 3 is 1.31 bits per heavy atom. The van der Waals surface area contributed by atoms with E-state index in [1.54, 1.807) is 0 Å². The van der Waals surface area contributed by atoms with Gasteiger partial charge in [0.05, 0.1) is 0 Å². The lowest BCUT2D eigenvalue weighted by Gasteiger charge is -2.25. The van der Waals surface area contributed by atoms with Crippen molar-refractivity contribution in [3.8, 4) is 34.2 Å². The molecule has 0 aliphatic rings. The Morgan fingerprint density at radius 2 is 0.710 bits per heavy atom. The summed E-state index contributed by atoms with van der Waals surface area (Å²) >= 11 is 0. The van der Waals surface area contributed by atoms with Crippen LogP contribution in [0.2, 0.25) is 0 Å². The second-order valence-corrected chi connectivity index (χ2v) is 15.6. The SMILES string of the molecule is c1ccc(-c2nc(-c3ccc4ccccc4c3)nc(-c3ccc4oc5cc(N(c6ccc7c(c6)oc6ccccc67)c6ccc7c(c6)oc6ccccc67)ccc5c4c3)n2)cc1. The lowest BCUT2D eigenvalue weighted by molar-refractivity contribution is 0.669. The molecule has 7 nitrogen and oxygen atoms in total. The third-order valence-corrected chi connectivity index (χ3v) is 11.9. The van der Waals surface area contributed by atoms with Crippen LogP contribution in [0.3, 0.4) is 0 Å². The predicted octanol–water partition coefficient (Wildman–Crippen LogP) is 15.2. The van der Waals surface area contributed by atoms with E-state index in [-0.39, 0.29) is 0 Å². The van der Waals surface area contributed by atoms with Crippen LogP contribution in [-0.2, 0) is 0 Å². The highest BCUT2D eigenvalue weighted by atomic mass is 16.3. The third kappa shape index (κ3) is 5.56. The molecule has 13 rings (SSSR count). The van der Waals surface area contributed by atoms with Crippen LogP contribution in [0.5, 0.6) is 0 Å². The van der Waals surface area contributed by atoms with Gasteiger partial charge in [0.15, 0.2) is 17.5 Å². The van der Waals surface area contributed by atoms with Crippen LogP contribution < -0.4 is 4.90 Å². The maximum Gasteiger partial charge on any atom is 0.164 e. The summed E-state index contributed by atoms with van der Waals surface area (Å²) in [5.41, 5.74) is 10.4. The highest BCUT2D eigenvalue weighted by Crippen LogP contribution is 2.43. The Bertz CT molecular complexity index is 3790. The van der Waals surface area contributed by atoms with Gasteiger partial charge in [-0.15, -0.1) is 0 Å². The molecule has 290 valence electrons. The molecular formula is C55H32N4O3. The van der Waals surface area contributed by atoms with E-state index in [1.807, 2.05) is 84.9 Å². The van der Waals surface area contributed by atoms with E-state index in [0.717, 1.165) is 110 Å². The molecule has 0 fully saturated rings. The summed E-state index contributed by atoms with van der Waals surface area (Å²) in [7, 11) is 0. The fourth-order valence-corrected chi connectivity index (χ4v) is 8.88. The summed E-state index contributed by atoms with van der Waals surface area (Å²) in [6, 6.07) is 66.3. The Hall–Kier alpha value is -8.55. The van der Waals surface area contributed by atoms with Crippen LogP contribution in [0.4, 0.5) is 17.1 Å². The lowest BCUT2D eigenvalue weighted by Crippen LogP contribution is -2.09. The van der Waals surface area contributed by atoms with E-state index in [4.69, 9.17) is 28.2 Å². The van der Waals surface area contributed by atoms with Crippen molar-refractivity contribution in [2.75, 3.05) is 4.90 Å². The summed E-state index contributed by atoms with van der Waals surface area (Å²) in [5.74, 6) is 1.81. The van der Waals surface area contributed by atoms with Gasteiger partial charge in [0.1, 0.15) is 33.5 Å². The predicted molar refractivity (Wildman–Crippen MR) is 250 cm³/mol. The molecule has 4 heterocycles. The van der Waals surface area contributed by atoms with Gasteiger partial charge in [-0.05, 0) is 83.6 Å². The zero-order chi connectivity index (χ0) is 40.7. The third-order valence-electron chi connectivity index (χ3n) is 11.9. The topological polar surface area (TPSA) is 81.3 Å². The maximum atomic E-state index is 6.64. The molecule has 0 unspecified atom stereocenters. The Morgan fingerprint density at radius 1 is 0.274 bits per heavy atom. The fourth-order valence-electron chi connectivity index (χ4n) is 8.88. The van der Waals surface area contributed by atoms with Crippen LogP contribution in [0, 0.1) is 0 Å². The quantitative estimate of drug-likeness (QED) is 0.166. The zero-order valence-electron chi connectivity index (χ0n) is 33.0. The number of nitrogens with zero attached hydrogens (tertiary/aromatic N) is 4. The first kappa shape index (κ1) is 34.3. The van der Waals surface area contributed by atoms with Crippen LogP contribution in [-0.4, -0.2) is 15.0 Å². The van der Waals surface area contributed by atoms with Gasteiger partial charge in [0.2, 0.25) is 0 Å². The largest absolute Gasteiger partial charge is 0.456 e. The molecule has 0 saturated carbocycles. The van der Waals surface area contributed by atoms with Gasteiger partial charge in [-0.25, -0.2) is 15.0 Å². The van der Waals surface area contributed by atoms with Gasteiger partial charge in [-0.1, -0.05) is 103 Å². The number of furan rings is 3. The van der Waals surface area contributed by atoms with Crippen molar-refractivity contribution in [1.29, 1.82) is 0 Å². The van der Waals surface area contributed by atoms with E-state index in [1.165, 1.54) is 0 Å². The molecule has 0 bridgehead atoms. The first-order valence-electron chi connectivity index (χ1n) is 20.6. The molecule has 13 aromatic rings. The standard InChI is InChI=1S/C55H32N4O3/c1-2-11-34(12-3-1)53-56-54(36-19-18-33-10-4-5-13-35(33)28-36)58-55(57-53)37-20-27-49-46(29-37)45-26-23-40(32-52(45)62-49)59(38-21-24-43-41-14-6-8-16-47(41)60-50(43)30-38)39-22-25-44-42-15-7-9-17-48(42)61-51(44)31-39/h1-32H. The number of hydrogen-bond donors (Lipinski definition) is 0. The molecule has 0 atom stereocenters. The molecule has 4 aromatic heterocycles. The van der Waals surface area contributed by atoms with Gasteiger partial charge in [-0.2, -0.15) is 0 Å². The van der Waals surface area contributed by atoms with Crippen molar-refractivity contribution in [1.82, 2.24) is 15.0 Å². The van der Waals surface area contributed by atoms with E-state index in [2.05, 4.69) is 114 Å². The molecule has 0 amide bonds. The van der Waals surface area contributed by atoms with Crippen LogP contribution >= 0.6 is 0 Å². The van der Waals surface area contributed by atoms with Crippen molar-refractivity contribution < 1.29 is 13.3 Å². The first-order valence-corrected chi connectivity index (χ1v) is 20.6. The summed E-state index contributed by atoms with van der Waals surface area (Å²) in [4.78, 5) is 17.3. The molecule has 0 aliphatic carbocycles. The second kappa shape index (κ2) is 13.5. The van der Waals surface area contributed by atoms with E-state index >= 15 is 0 Å². The fraction of sp³-hybridized carbons (Fsp3) is 0. The number of anilines is 3. The lowest BCUT2D eigenvalue weighted by atomic mass is 10.1. The Labute approximate surface area is 353 Å². The molecule has 9 aromatic carbocycles.